The molecule has 40 heavy (non-hydrogen) atoms. The third kappa shape index (κ3) is 5.61. The van der Waals surface area contributed by atoms with Crippen LogP contribution >= 0.6 is 0 Å². The van der Waals surface area contributed by atoms with E-state index in [1.807, 2.05) is 12.1 Å². The van der Waals surface area contributed by atoms with E-state index < -0.39 is 36.9 Å². The second-order valence-corrected chi connectivity index (χ2v) is 10.4. The molecule has 4 atom stereocenters. The molecule has 1 amide bonds. The smallest absolute Gasteiger partial charge is 0.262 e. The summed E-state index contributed by atoms with van der Waals surface area (Å²) in [5.41, 5.74) is 2.24. The average molecular weight is 547 g/mol. The molecule has 1 aromatic heterocycles. The monoisotopic (exact) mass is 546 g/mol. The van der Waals surface area contributed by atoms with Gasteiger partial charge in [0.15, 0.2) is 0 Å². The molecule has 2 saturated heterocycles. The van der Waals surface area contributed by atoms with Crippen LogP contribution in [0.1, 0.15) is 12.7 Å². The van der Waals surface area contributed by atoms with E-state index in [0.29, 0.717) is 17.1 Å². The van der Waals surface area contributed by atoms with Crippen molar-refractivity contribution in [1.82, 2.24) is 10.2 Å². The van der Waals surface area contributed by atoms with Gasteiger partial charge in [-0.3, -0.25) is 4.79 Å². The van der Waals surface area contributed by atoms with Crippen LogP contribution in [0, 0.1) is 11.3 Å². The lowest BCUT2D eigenvalue weighted by Crippen LogP contribution is -2.60. The number of furan rings is 1. The predicted molar refractivity (Wildman–Crippen MR) is 150 cm³/mol. The van der Waals surface area contributed by atoms with Gasteiger partial charge in [0.1, 0.15) is 41.5 Å². The SMILES string of the molecule is C/C(=C(/C#N)C(=O)N[C@H]1CO[C@H](CO)[C@@H](O)[C@@H]1O)c1ccc(-c2ccc3cc(N4CCN(C)CC4)ccc3c2)o1. The lowest BCUT2D eigenvalue weighted by molar-refractivity contribution is -0.163. The highest BCUT2D eigenvalue weighted by Gasteiger charge is 2.39. The number of carbonyl (C=O) groups excluding carboxylic acids is 1. The van der Waals surface area contributed by atoms with Gasteiger partial charge in [-0.05, 0) is 55.1 Å². The maximum Gasteiger partial charge on any atom is 0.262 e. The number of carbonyl (C=O) groups is 1. The standard InChI is InChI=1S/C30H34N4O6/c1-18(23(15-31)30(38)32-24-17-39-27(16-35)29(37)28(24)36)25-7-8-26(40-25)21-4-3-20-14-22(6-5-19(20)13-21)34-11-9-33(2)10-12-34/h3-8,13-14,24,27-29,35-37H,9-12,16-17H2,1-2H3,(H,32,38)/b23-18+/t24-,27+,28+,29+/m0/s1. The number of rotatable bonds is 6. The van der Waals surface area contributed by atoms with E-state index in [4.69, 9.17) is 9.15 Å². The molecule has 10 heteroatoms. The first-order chi connectivity index (χ1) is 19.3. The van der Waals surface area contributed by atoms with Crippen LogP contribution in [0.25, 0.3) is 27.7 Å². The first kappa shape index (κ1) is 27.8. The Bertz CT molecular complexity index is 1450. The molecule has 210 valence electrons. The summed E-state index contributed by atoms with van der Waals surface area (Å²) in [6, 6.07) is 17.1. The maximum absolute atomic E-state index is 12.9. The van der Waals surface area contributed by atoms with E-state index in [1.165, 1.54) is 5.69 Å². The summed E-state index contributed by atoms with van der Waals surface area (Å²) in [7, 11) is 2.14. The maximum atomic E-state index is 12.9. The second kappa shape index (κ2) is 11.8. The third-order valence-corrected chi connectivity index (χ3v) is 7.80. The number of anilines is 1. The van der Waals surface area contributed by atoms with E-state index in [2.05, 4.69) is 52.5 Å². The van der Waals surface area contributed by atoms with Crippen molar-refractivity contribution < 1.29 is 29.3 Å². The van der Waals surface area contributed by atoms with E-state index >= 15 is 0 Å². The Hall–Kier alpha value is -3.72. The summed E-state index contributed by atoms with van der Waals surface area (Å²) in [4.78, 5) is 17.6. The van der Waals surface area contributed by atoms with Crippen molar-refractivity contribution in [3.63, 3.8) is 0 Å². The number of allylic oxidation sites excluding steroid dienone is 1. The summed E-state index contributed by atoms with van der Waals surface area (Å²) >= 11 is 0. The minimum absolute atomic E-state index is 0.114. The van der Waals surface area contributed by atoms with Gasteiger partial charge in [0, 0.05) is 43.0 Å². The molecule has 0 radical (unpaired) electrons. The van der Waals surface area contributed by atoms with Gasteiger partial charge in [0.25, 0.3) is 5.91 Å². The average Bonchev–Trinajstić information content (AvgIpc) is 3.46. The highest BCUT2D eigenvalue weighted by atomic mass is 16.5. The van der Waals surface area contributed by atoms with Gasteiger partial charge in [-0.25, -0.2) is 0 Å². The molecule has 3 heterocycles. The number of hydrogen-bond donors (Lipinski definition) is 4. The van der Waals surface area contributed by atoms with Crippen LogP contribution in [-0.2, 0) is 9.53 Å². The summed E-state index contributed by atoms with van der Waals surface area (Å²) in [5, 5.41) is 44.1. The van der Waals surface area contributed by atoms with Gasteiger partial charge in [-0.1, -0.05) is 18.2 Å². The Kier molecular flexibility index (Phi) is 8.21. The predicted octanol–water partition coefficient (Wildman–Crippen LogP) is 1.75. The summed E-state index contributed by atoms with van der Waals surface area (Å²) < 4.78 is 11.4. The molecule has 10 nitrogen and oxygen atoms in total. The molecule has 2 aliphatic heterocycles. The zero-order valence-corrected chi connectivity index (χ0v) is 22.6. The minimum atomic E-state index is -1.37. The van der Waals surface area contributed by atoms with Crippen LogP contribution in [0.4, 0.5) is 5.69 Å². The fourth-order valence-corrected chi connectivity index (χ4v) is 5.18. The van der Waals surface area contributed by atoms with Crippen molar-refractivity contribution in [1.29, 1.82) is 5.26 Å². The molecule has 0 aliphatic carbocycles. The fourth-order valence-electron chi connectivity index (χ4n) is 5.18. The van der Waals surface area contributed by atoms with Crippen molar-refractivity contribution in [3.05, 3.63) is 59.9 Å². The summed E-state index contributed by atoms with van der Waals surface area (Å²) in [5.74, 6) is 0.251. The number of piperazine rings is 1. The number of likely N-dealkylation sites (N-methyl/N-ethyl adjacent to an activating group) is 1. The molecule has 3 aromatic rings. The summed E-state index contributed by atoms with van der Waals surface area (Å²) in [6.45, 7) is 5.15. The van der Waals surface area contributed by atoms with Gasteiger partial charge >= 0.3 is 0 Å². The number of nitrogens with one attached hydrogen (secondary N) is 1. The number of ether oxygens (including phenoxy) is 1. The topological polar surface area (TPSA) is 142 Å². The van der Waals surface area contributed by atoms with Crippen LogP contribution in [0.3, 0.4) is 0 Å². The molecule has 0 unspecified atom stereocenters. The molecule has 2 fully saturated rings. The molecule has 2 aromatic carbocycles. The van der Waals surface area contributed by atoms with Gasteiger partial charge in [-0.15, -0.1) is 0 Å². The lowest BCUT2D eigenvalue weighted by atomic mass is 9.97. The molecule has 2 aliphatic rings. The molecule has 4 N–H and O–H groups in total. The quantitative estimate of drug-likeness (QED) is 0.269. The number of benzene rings is 2. The van der Waals surface area contributed by atoms with E-state index in [9.17, 15) is 25.4 Å². The van der Waals surface area contributed by atoms with Crippen LogP contribution in [0.2, 0.25) is 0 Å². The van der Waals surface area contributed by atoms with E-state index in [-0.39, 0.29) is 12.2 Å². The van der Waals surface area contributed by atoms with Crippen molar-refractivity contribution in [2.45, 2.75) is 31.3 Å². The number of nitrogens with zero attached hydrogens (tertiary/aromatic N) is 3. The number of amides is 1. The van der Waals surface area contributed by atoms with Crippen LogP contribution < -0.4 is 10.2 Å². The zero-order chi connectivity index (χ0) is 28.4. The van der Waals surface area contributed by atoms with E-state index in [0.717, 1.165) is 42.5 Å². The number of aliphatic hydroxyl groups is 3. The van der Waals surface area contributed by atoms with Crippen LogP contribution in [0.5, 0.6) is 0 Å². The Labute approximate surface area is 232 Å². The van der Waals surface area contributed by atoms with Crippen molar-refractivity contribution in [2.24, 2.45) is 0 Å². The summed E-state index contributed by atoms with van der Waals surface area (Å²) in [6.07, 6.45) is -3.66. The fraction of sp³-hybridized carbons (Fsp3) is 0.400. The van der Waals surface area contributed by atoms with Gasteiger partial charge in [0.2, 0.25) is 0 Å². The molecule has 0 saturated carbocycles. The molecular formula is C30H34N4O6. The highest BCUT2D eigenvalue weighted by Crippen LogP contribution is 2.31. The van der Waals surface area contributed by atoms with Gasteiger partial charge in [0.05, 0.1) is 19.3 Å². The van der Waals surface area contributed by atoms with Crippen molar-refractivity contribution >= 4 is 27.9 Å². The van der Waals surface area contributed by atoms with Gasteiger partial charge in [-0.2, -0.15) is 5.26 Å². The normalized spacial score (nSPS) is 24.4. The Balaban J connectivity index is 1.32. The number of aliphatic hydroxyl groups excluding tert-OH is 3. The Morgan fingerprint density at radius 2 is 1.77 bits per heavy atom. The highest BCUT2D eigenvalue weighted by molar-refractivity contribution is 6.04. The van der Waals surface area contributed by atoms with E-state index in [1.54, 1.807) is 19.1 Å². The van der Waals surface area contributed by atoms with Crippen LogP contribution in [-0.4, -0.2) is 96.9 Å². The first-order valence-electron chi connectivity index (χ1n) is 13.4. The molecule has 5 rings (SSSR count). The molecule has 0 bridgehead atoms. The zero-order valence-electron chi connectivity index (χ0n) is 22.6. The second-order valence-electron chi connectivity index (χ2n) is 10.4. The van der Waals surface area contributed by atoms with Crippen molar-refractivity contribution in [2.75, 3.05) is 51.3 Å². The molecule has 0 spiro atoms. The molecular weight excluding hydrogens is 512 g/mol. The number of fused-ring (bicyclic) bond motifs is 1. The van der Waals surface area contributed by atoms with Gasteiger partial charge < -0.3 is 39.6 Å². The number of nitriles is 1. The Morgan fingerprint density at radius 3 is 2.50 bits per heavy atom. The minimum Gasteiger partial charge on any atom is -0.456 e. The van der Waals surface area contributed by atoms with Crippen LogP contribution in [0.15, 0.2) is 58.5 Å². The number of hydrogen-bond acceptors (Lipinski definition) is 9. The third-order valence-electron chi connectivity index (χ3n) is 7.80. The Morgan fingerprint density at radius 1 is 1.05 bits per heavy atom. The first-order valence-corrected chi connectivity index (χ1v) is 13.4. The van der Waals surface area contributed by atoms with Crippen molar-refractivity contribution in [3.8, 4) is 17.4 Å². The largest absolute Gasteiger partial charge is 0.456 e. The lowest BCUT2D eigenvalue weighted by Gasteiger charge is -2.37.